The van der Waals surface area contributed by atoms with Gasteiger partial charge in [-0.3, -0.25) is 0 Å². The van der Waals surface area contributed by atoms with Gasteiger partial charge in [0.1, 0.15) is 5.01 Å². The number of benzene rings is 1. The van der Waals surface area contributed by atoms with E-state index in [4.69, 9.17) is 5.73 Å². The molecule has 2 rings (SSSR count). The lowest BCUT2D eigenvalue weighted by Gasteiger charge is -2.06. The summed E-state index contributed by atoms with van der Waals surface area (Å²) < 4.78 is 15.1. The van der Waals surface area contributed by atoms with Crippen molar-refractivity contribution in [1.82, 2.24) is 10.2 Å². The zero-order chi connectivity index (χ0) is 12.4. The first-order valence-corrected chi connectivity index (χ1v) is 7.19. The van der Waals surface area contributed by atoms with Gasteiger partial charge in [-0.1, -0.05) is 29.2 Å². The minimum Gasteiger partial charge on any atom is -0.326 e. The molecule has 7 heteroatoms. The highest BCUT2D eigenvalue weighted by atomic mass is 79.9. The van der Waals surface area contributed by atoms with Gasteiger partial charge < -0.3 is 5.73 Å². The van der Waals surface area contributed by atoms with Crippen LogP contribution in [0.15, 0.2) is 25.8 Å². The van der Waals surface area contributed by atoms with Crippen LogP contribution in [-0.4, -0.2) is 10.2 Å². The van der Waals surface area contributed by atoms with Crippen LogP contribution in [0.4, 0.5) is 4.39 Å². The van der Waals surface area contributed by atoms with Crippen molar-refractivity contribution in [1.29, 1.82) is 0 Å². The molecule has 17 heavy (non-hydrogen) atoms. The van der Waals surface area contributed by atoms with E-state index in [1.54, 1.807) is 6.07 Å². The molecule has 2 N–H and O–H groups in total. The number of halogens is 2. The second kappa shape index (κ2) is 5.43. The number of hydrogen-bond donors (Lipinski definition) is 1. The van der Waals surface area contributed by atoms with Gasteiger partial charge in [0.2, 0.25) is 0 Å². The fourth-order valence-electron chi connectivity index (χ4n) is 1.22. The van der Waals surface area contributed by atoms with Gasteiger partial charge in [-0.2, -0.15) is 0 Å². The summed E-state index contributed by atoms with van der Waals surface area (Å²) in [4.78, 5) is 0.519. The summed E-state index contributed by atoms with van der Waals surface area (Å²) >= 11 is 5.92. The van der Waals surface area contributed by atoms with Gasteiger partial charge in [-0.15, -0.1) is 10.2 Å². The largest absolute Gasteiger partial charge is 0.326 e. The third-order valence-corrected chi connectivity index (χ3v) is 4.83. The van der Waals surface area contributed by atoms with Crippen molar-refractivity contribution in [3.8, 4) is 0 Å². The van der Waals surface area contributed by atoms with E-state index in [-0.39, 0.29) is 5.82 Å². The maximum atomic E-state index is 14.0. The summed E-state index contributed by atoms with van der Waals surface area (Å²) in [7, 11) is 0. The fourth-order valence-corrected chi connectivity index (χ4v) is 3.67. The topological polar surface area (TPSA) is 51.8 Å². The van der Waals surface area contributed by atoms with Crippen LogP contribution in [0.5, 0.6) is 0 Å². The van der Waals surface area contributed by atoms with E-state index in [1.807, 2.05) is 13.0 Å². The molecule has 0 bridgehead atoms. The maximum absolute atomic E-state index is 14.0. The first-order chi connectivity index (χ1) is 8.11. The van der Waals surface area contributed by atoms with Crippen LogP contribution < -0.4 is 5.73 Å². The molecule has 0 radical (unpaired) electrons. The van der Waals surface area contributed by atoms with Crippen LogP contribution in [0.2, 0.25) is 0 Å². The molecular weight excluding hydrogens is 325 g/mol. The SMILES string of the molecule is Cc1nnc(Sc2ccc(CN)c(Br)c2F)s1. The number of nitrogens with zero attached hydrogens (tertiary/aromatic N) is 2. The molecule has 0 amide bonds. The van der Waals surface area contributed by atoms with Crippen molar-refractivity contribution in [2.45, 2.75) is 22.7 Å². The number of hydrogen-bond acceptors (Lipinski definition) is 5. The van der Waals surface area contributed by atoms with Crippen LogP contribution >= 0.6 is 39.0 Å². The second-order valence-electron chi connectivity index (χ2n) is 3.24. The van der Waals surface area contributed by atoms with Crippen LogP contribution in [-0.2, 0) is 6.54 Å². The van der Waals surface area contributed by atoms with Gasteiger partial charge in [-0.05, 0) is 34.5 Å². The Morgan fingerprint density at radius 3 is 2.82 bits per heavy atom. The van der Waals surface area contributed by atoms with Gasteiger partial charge in [0.05, 0.1) is 9.37 Å². The Morgan fingerprint density at radius 2 is 2.24 bits per heavy atom. The third-order valence-electron chi connectivity index (χ3n) is 2.05. The van der Waals surface area contributed by atoms with Crippen molar-refractivity contribution in [2.75, 3.05) is 0 Å². The van der Waals surface area contributed by atoms with Crippen molar-refractivity contribution < 1.29 is 4.39 Å². The normalized spacial score (nSPS) is 10.8. The molecule has 90 valence electrons. The first-order valence-electron chi connectivity index (χ1n) is 4.76. The van der Waals surface area contributed by atoms with Crippen molar-refractivity contribution in [3.63, 3.8) is 0 Å². The molecular formula is C10H9BrFN3S2. The smallest absolute Gasteiger partial charge is 0.179 e. The molecule has 0 saturated heterocycles. The van der Waals surface area contributed by atoms with E-state index in [9.17, 15) is 4.39 Å². The summed E-state index contributed by atoms with van der Waals surface area (Å²) in [6, 6.07) is 3.52. The summed E-state index contributed by atoms with van der Waals surface area (Å²) in [6.07, 6.45) is 0. The monoisotopic (exact) mass is 333 g/mol. The Bertz CT molecular complexity index is 544. The van der Waals surface area contributed by atoms with Gasteiger partial charge in [0.25, 0.3) is 0 Å². The van der Waals surface area contributed by atoms with E-state index in [2.05, 4.69) is 26.1 Å². The van der Waals surface area contributed by atoms with E-state index in [1.165, 1.54) is 23.1 Å². The molecule has 0 fully saturated rings. The predicted octanol–water partition coefficient (Wildman–Crippen LogP) is 3.36. The molecule has 0 spiro atoms. The number of rotatable bonds is 3. The zero-order valence-electron chi connectivity index (χ0n) is 8.91. The molecule has 0 atom stereocenters. The predicted molar refractivity (Wildman–Crippen MR) is 70.8 cm³/mol. The Balaban J connectivity index is 2.31. The average molecular weight is 334 g/mol. The van der Waals surface area contributed by atoms with E-state index in [0.29, 0.717) is 15.9 Å². The van der Waals surface area contributed by atoms with E-state index < -0.39 is 0 Å². The highest BCUT2D eigenvalue weighted by molar-refractivity contribution is 9.10. The van der Waals surface area contributed by atoms with Gasteiger partial charge in [0.15, 0.2) is 10.2 Å². The van der Waals surface area contributed by atoms with Gasteiger partial charge in [0, 0.05) is 6.54 Å². The number of nitrogens with two attached hydrogens (primary N) is 1. The Kier molecular flexibility index (Phi) is 4.13. The third kappa shape index (κ3) is 2.85. The lowest BCUT2D eigenvalue weighted by Crippen LogP contribution is -1.99. The average Bonchev–Trinajstić information content (AvgIpc) is 2.71. The van der Waals surface area contributed by atoms with Crippen LogP contribution in [0.1, 0.15) is 10.6 Å². The lowest BCUT2D eigenvalue weighted by molar-refractivity contribution is 0.592. The molecule has 2 aromatic rings. The highest BCUT2D eigenvalue weighted by Gasteiger charge is 2.13. The first kappa shape index (κ1) is 12.9. The van der Waals surface area contributed by atoms with E-state index in [0.717, 1.165) is 14.9 Å². The fraction of sp³-hybridized carbons (Fsp3) is 0.200. The standard InChI is InChI=1S/C10H9BrFN3S2/c1-5-14-15-10(16-5)17-7-3-2-6(4-13)8(11)9(7)12/h2-3H,4,13H2,1H3. The highest BCUT2D eigenvalue weighted by Crippen LogP contribution is 2.35. The Hall–Kier alpha value is -0.500. The minimum atomic E-state index is -0.300. The Labute approximate surface area is 115 Å². The molecule has 0 saturated carbocycles. The number of aromatic nitrogens is 2. The van der Waals surface area contributed by atoms with Crippen molar-refractivity contribution >= 4 is 39.0 Å². The Morgan fingerprint density at radius 1 is 1.47 bits per heavy atom. The molecule has 0 aliphatic carbocycles. The van der Waals surface area contributed by atoms with Crippen LogP contribution in [0.3, 0.4) is 0 Å². The molecule has 1 heterocycles. The van der Waals surface area contributed by atoms with E-state index >= 15 is 0 Å². The lowest BCUT2D eigenvalue weighted by atomic mass is 10.2. The van der Waals surface area contributed by atoms with Crippen molar-refractivity contribution in [2.24, 2.45) is 5.73 Å². The molecule has 3 nitrogen and oxygen atoms in total. The zero-order valence-corrected chi connectivity index (χ0v) is 12.1. The quantitative estimate of drug-likeness (QED) is 0.935. The minimum absolute atomic E-state index is 0.300. The van der Waals surface area contributed by atoms with Crippen LogP contribution in [0.25, 0.3) is 0 Å². The van der Waals surface area contributed by atoms with Gasteiger partial charge in [-0.25, -0.2) is 4.39 Å². The molecule has 0 aliphatic heterocycles. The summed E-state index contributed by atoms with van der Waals surface area (Å²) in [5.41, 5.74) is 6.25. The summed E-state index contributed by atoms with van der Waals surface area (Å²) in [5, 5.41) is 8.71. The molecule has 1 aromatic carbocycles. The molecule has 0 aliphatic rings. The molecule has 0 unspecified atom stereocenters. The summed E-state index contributed by atoms with van der Waals surface area (Å²) in [6.45, 7) is 2.17. The van der Waals surface area contributed by atoms with Crippen LogP contribution in [0, 0.1) is 12.7 Å². The van der Waals surface area contributed by atoms with Crippen molar-refractivity contribution in [3.05, 3.63) is 33.0 Å². The van der Waals surface area contributed by atoms with Gasteiger partial charge >= 0.3 is 0 Å². The molecule has 1 aromatic heterocycles. The second-order valence-corrected chi connectivity index (χ2v) is 6.51. The maximum Gasteiger partial charge on any atom is 0.179 e. The summed E-state index contributed by atoms with van der Waals surface area (Å²) in [5.74, 6) is -0.300. The number of aryl methyl sites for hydroxylation is 1.